The molecule has 1 aromatic heterocycles. The van der Waals surface area contributed by atoms with E-state index in [1.807, 2.05) is 0 Å². The molecule has 0 aliphatic heterocycles. The molecule has 0 radical (unpaired) electrons. The minimum absolute atomic E-state index is 0.0878. The van der Waals surface area contributed by atoms with Crippen LogP contribution in [0.2, 0.25) is 0 Å². The molecule has 8 heteroatoms. The average molecular weight is 292 g/mol. The van der Waals surface area contributed by atoms with Crippen LogP contribution in [0.25, 0.3) is 11.1 Å². The van der Waals surface area contributed by atoms with E-state index in [0.717, 1.165) is 0 Å². The summed E-state index contributed by atoms with van der Waals surface area (Å²) in [5.41, 5.74) is 1.19. The molecule has 21 heavy (non-hydrogen) atoms. The van der Waals surface area contributed by atoms with Crippen LogP contribution in [0.15, 0.2) is 30.5 Å². The molecule has 110 valence electrons. The first-order valence-electron chi connectivity index (χ1n) is 6.12. The van der Waals surface area contributed by atoms with Gasteiger partial charge in [0.1, 0.15) is 11.5 Å². The second kappa shape index (κ2) is 6.51. The van der Waals surface area contributed by atoms with Gasteiger partial charge in [-0.25, -0.2) is 9.18 Å². The van der Waals surface area contributed by atoms with Crippen molar-refractivity contribution in [2.45, 2.75) is 0 Å². The SMILES string of the molecule is O=C(O)NCCNC(=O)c1[nH]ncc1-c1cccc(F)c1. The van der Waals surface area contributed by atoms with Crippen molar-refractivity contribution in [3.63, 3.8) is 0 Å². The fraction of sp³-hybridized carbons (Fsp3) is 0.154. The van der Waals surface area contributed by atoms with E-state index in [1.165, 1.54) is 24.4 Å². The van der Waals surface area contributed by atoms with E-state index in [9.17, 15) is 14.0 Å². The van der Waals surface area contributed by atoms with Crippen molar-refractivity contribution >= 4 is 12.0 Å². The predicted molar refractivity (Wildman–Crippen MR) is 72.3 cm³/mol. The fourth-order valence-electron chi connectivity index (χ4n) is 1.77. The number of halogens is 1. The summed E-state index contributed by atoms with van der Waals surface area (Å²) in [4.78, 5) is 22.2. The van der Waals surface area contributed by atoms with Gasteiger partial charge < -0.3 is 15.7 Å². The third-order valence-corrected chi connectivity index (χ3v) is 2.69. The molecule has 7 nitrogen and oxygen atoms in total. The van der Waals surface area contributed by atoms with Gasteiger partial charge in [-0.05, 0) is 17.7 Å². The van der Waals surface area contributed by atoms with Crippen LogP contribution in [0.1, 0.15) is 10.5 Å². The first-order valence-corrected chi connectivity index (χ1v) is 6.12. The largest absolute Gasteiger partial charge is 0.465 e. The zero-order valence-corrected chi connectivity index (χ0v) is 10.9. The van der Waals surface area contributed by atoms with Crippen LogP contribution in [0, 0.1) is 5.82 Å². The summed E-state index contributed by atoms with van der Waals surface area (Å²) in [6.07, 6.45) is 0.269. The third kappa shape index (κ3) is 3.78. The van der Waals surface area contributed by atoms with Crippen LogP contribution in [-0.4, -0.2) is 40.4 Å². The Hall–Kier alpha value is -2.90. The van der Waals surface area contributed by atoms with Crippen molar-refractivity contribution < 1.29 is 19.1 Å². The minimum atomic E-state index is -1.16. The Labute approximate surface area is 119 Å². The number of carboxylic acid groups (broad SMARTS) is 1. The number of hydrogen-bond donors (Lipinski definition) is 4. The highest BCUT2D eigenvalue weighted by Gasteiger charge is 2.15. The number of nitrogens with zero attached hydrogens (tertiary/aromatic N) is 1. The Balaban J connectivity index is 2.06. The minimum Gasteiger partial charge on any atom is -0.465 e. The molecule has 0 saturated heterocycles. The van der Waals surface area contributed by atoms with E-state index in [0.29, 0.717) is 11.1 Å². The van der Waals surface area contributed by atoms with E-state index < -0.39 is 17.8 Å². The fourth-order valence-corrected chi connectivity index (χ4v) is 1.77. The molecule has 2 aromatic rings. The number of aromatic amines is 1. The van der Waals surface area contributed by atoms with Gasteiger partial charge in [0.05, 0.1) is 6.20 Å². The summed E-state index contributed by atoms with van der Waals surface area (Å²) in [5.74, 6) is -0.857. The summed E-state index contributed by atoms with van der Waals surface area (Å²) >= 11 is 0. The topological polar surface area (TPSA) is 107 Å². The lowest BCUT2D eigenvalue weighted by Crippen LogP contribution is -2.34. The zero-order chi connectivity index (χ0) is 15.2. The van der Waals surface area contributed by atoms with Crippen molar-refractivity contribution in [2.75, 3.05) is 13.1 Å². The molecule has 2 amide bonds. The average Bonchev–Trinajstić information content (AvgIpc) is 2.92. The summed E-state index contributed by atoms with van der Waals surface area (Å²) in [6, 6.07) is 5.81. The molecule has 0 bridgehead atoms. The van der Waals surface area contributed by atoms with E-state index >= 15 is 0 Å². The van der Waals surface area contributed by atoms with Crippen molar-refractivity contribution in [3.05, 3.63) is 42.0 Å². The smallest absolute Gasteiger partial charge is 0.404 e. The molecule has 0 fully saturated rings. The predicted octanol–water partition coefficient (Wildman–Crippen LogP) is 1.21. The number of carbonyl (C=O) groups is 2. The number of benzene rings is 1. The van der Waals surface area contributed by atoms with E-state index in [4.69, 9.17) is 5.11 Å². The van der Waals surface area contributed by atoms with Crippen molar-refractivity contribution in [1.29, 1.82) is 0 Å². The number of aromatic nitrogens is 2. The van der Waals surface area contributed by atoms with Crippen LogP contribution >= 0.6 is 0 Å². The van der Waals surface area contributed by atoms with Crippen molar-refractivity contribution in [1.82, 2.24) is 20.8 Å². The van der Waals surface area contributed by atoms with Gasteiger partial charge >= 0.3 is 6.09 Å². The van der Waals surface area contributed by atoms with Crippen LogP contribution in [0.4, 0.5) is 9.18 Å². The van der Waals surface area contributed by atoms with E-state index in [-0.39, 0.29) is 18.8 Å². The van der Waals surface area contributed by atoms with Gasteiger partial charge in [0.25, 0.3) is 5.91 Å². The highest BCUT2D eigenvalue weighted by atomic mass is 19.1. The van der Waals surface area contributed by atoms with Crippen LogP contribution in [0.3, 0.4) is 0 Å². The zero-order valence-electron chi connectivity index (χ0n) is 10.9. The highest BCUT2D eigenvalue weighted by Crippen LogP contribution is 2.22. The lowest BCUT2D eigenvalue weighted by molar-refractivity contribution is 0.0949. The van der Waals surface area contributed by atoms with Gasteiger partial charge in [-0.15, -0.1) is 0 Å². The third-order valence-electron chi connectivity index (χ3n) is 2.69. The number of rotatable bonds is 5. The van der Waals surface area contributed by atoms with E-state index in [2.05, 4.69) is 20.8 Å². The van der Waals surface area contributed by atoms with Crippen LogP contribution in [-0.2, 0) is 0 Å². The molecule has 0 saturated carbocycles. The summed E-state index contributed by atoms with van der Waals surface area (Å²) in [5, 5.41) is 19.4. The Morgan fingerprint density at radius 2 is 2.05 bits per heavy atom. The maximum absolute atomic E-state index is 13.2. The molecule has 0 aliphatic rings. The second-order valence-corrected chi connectivity index (χ2v) is 4.16. The molecule has 1 heterocycles. The van der Waals surface area contributed by atoms with E-state index in [1.54, 1.807) is 6.07 Å². The van der Waals surface area contributed by atoms with Gasteiger partial charge in [0, 0.05) is 18.7 Å². The maximum Gasteiger partial charge on any atom is 0.404 e. The normalized spacial score (nSPS) is 10.1. The second-order valence-electron chi connectivity index (χ2n) is 4.16. The molecule has 1 aromatic carbocycles. The van der Waals surface area contributed by atoms with Crippen LogP contribution in [0.5, 0.6) is 0 Å². The van der Waals surface area contributed by atoms with Crippen molar-refractivity contribution in [2.24, 2.45) is 0 Å². The highest BCUT2D eigenvalue weighted by molar-refractivity contribution is 5.98. The lowest BCUT2D eigenvalue weighted by atomic mass is 10.1. The lowest BCUT2D eigenvalue weighted by Gasteiger charge is -2.06. The molecule has 4 N–H and O–H groups in total. The van der Waals surface area contributed by atoms with Crippen LogP contribution < -0.4 is 10.6 Å². The van der Waals surface area contributed by atoms with Gasteiger partial charge in [0.15, 0.2) is 0 Å². The Morgan fingerprint density at radius 1 is 1.29 bits per heavy atom. The molecule has 0 atom stereocenters. The summed E-state index contributed by atoms with van der Waals surface area (Å²) < 4.78 is 13.2. The number of nitrogens with one attached hydrogen (secondary N) is 3. The number of amides is 2. The quantitative estimate of drug-likeness (QED) is 0.621. The van der Waals surface area contributed by atoms with Crippen molar-refractivity contribution in [3.8, 4) is 11.1 Å². The van der Waals surface area contributed by atoms with Gasteiger partial charge in [-0.3, -0.25) is 9.89 Å². The molecule has 0 spiro atoms. The molecule has 0 aliphatic carbocycles. The molecular formula is C13H13FN4O3. The monoisotopic (exact) mass is 292 g/mol. The van der Waals surface area contributed by atoms with Gasteiger partial charge in [0.2, 0.25) is 0 Å². The Morgan fingerprint density at radius 3 is 2.76 bits per heavy atom. The number of carbonyl (C=O) groups excluding carboxylic acids is 1. The standard InChI is InChI=1S/C13H13FN4O3/c14-9-3-1-2-8(6-9)10-7-17-18-11(10)12(19)15-4-5-16-13(20)21/h1-3,6-7,16H,4-5H2,(H,15,19)(H,17,18)(H,20,21). The first kappa shape index (κ1) is 14.5. The maximum atomic E-state index is 13.2. The molecule has 0 unspecified atom stereocenters. The Kier molecular flexibility index (Phi) is 4.50. The number of hydrogen-bond acceptors (Lipinski definition) is 3. The molecular weight excluding hydrogens is 279 g/mol. The van der Waals surface area contributed by atoms with Gasteiger partial charge in [-0.1, -0.05) is 12.1 Å². The first-order chi connectivity index (χ1) is 10.1. The number of H-pyrrole nitrogens is 1. The molecule has 2 rings (SSSR count). The summed E-state index contributed by atoms with van der Waals surface area (Å²) in [7, 11) is 0. The van der Waals surface area contributed by atoms with Gasteiger partial charge in [-0.2, -0.15) is 5.10 Å². The summed E-state index contributed by atoms with van der Waals surface area (Å²) in [6.45, 7) is 0.219. The Bertz CT molecular complexity index is 656.